The van der Waals surface area contributed by atoms with E-state index in [4.69, 9.17) is 0 Å². The summed E-state index contributed by atoms with van der Waals surface area (Å²) >= 11 is 0. The number of carbonyl (C=O) groups excluding carboxylic acids is 1. The molecule has 1 fully saturated rings. The number of amides is 2. The summed E-state index contributed by atoms with van der Waals surface area (Å²) in [5, 5.41) is 5.71. The summed E-state index contributed by atoms with van der Waals surface area (Å²) in [6.07, 6.45) is 1.75. The zero-order chi connectivity index (χ0) is 19.1. The van der Waals surface area contributed by atoms with Gasteiger partial charge in [-0.05, 0) is 37.0 Å². The Hall–Kier alpha value is -2.38. The molecule has 3 rings (SSSR count). The van der Waals surface area contributed by atoms with Crippen molar-refractivity contribution in [1.29, 1.82) is 0 Å². The maximum Gasteiger partial charge on any atom is 0.319 e. The average molecular weight is 388 g/mol. The summed E-state index contributed by atoms with van der Waals surface area (Å²) in [5.41, 5.74) is 1.76. The van der Waals surface area contributed by atoms with Crippen LogP contribution in [0.1, 0.15) is 18.4 Å². The van der Waals surface area contributed by atoms with E-state index >= 15 is 0 Å². The average Bonchev–Trinajstić information content (AvgIpc) is 2.68. The number of benzene rings is 2. The number of anilines is 1. The van der Waals surface area contributed by atoms with Crippen molar-refractivity contribution < 1.29 is 13.2 Å². The summed E-state index contributed by atoms with van der Waals surface area (Å²) in [6.45, 7) is 0.876. The van der Waals surface area contributed by atoms with Crippen molar-refractivity contribution in [2.75, 3.05) is 24.2 Å². The zero-order valence-corrected chi connectivity index (χ0v) is 16.0. The molecule has 6 nitrogen and oxygen atoms in total. The Morgan fingerprint density at radius 2 is 1.56 bits per heavy atom. The van der Waals surface area contributed by atoms with Crippen molar-refractivity contribution in [2.24, 2.45) is 0 Å². The molecular weight excluding hydrogens is 362 g/mol. The maximum atomic E-state index is 12.6. The number of sulfonamides is 1. The molecule has 1 aliphatic heterocycles. The summed E-state index contributed by atoms with van der Waals surface area (Å²) in [5.74, 6) is 0.115. The van der Waals surface area contributed by atoms with Crippen LogP contribution in [0.15, 0.2) is 60.7 Å². The van der Waals surface area contributed by atoms with Gasteiger partial charge in [0.05, 0.1) is 5.75 Å². The van der Waals surface area contributed by atoms with E-state index in [1.165, 1.54) is 0 Å². The molecule has 0 unspecified atom stereocenters. The lowest BCUT2D eigenvalue weighted by Gasteiger charge is -2.31. The van der Waals surface area contributed by atoms with Gasteiger partial charge < -0.3 is 10.6 Å². The maximum absolute atomic E-state index is 12.6. The second-order valence-electron chi connectivity index (χ2n) is 6.69. The highest BCUT2D eigenvalue weighted by molar-refractivity contribution is 7.89. The van der Waals surface area contributed by atoms with Gasteiger partial charge in [-0.3, -0.25) is 0 Å². The van der Waals surface area contributed by atoms with Crippen LogP contribution in [0, 0.1) is 0 Å². The van der Waals surface area contributed by atoms with Crippen molar-refractivity contribution in [2.45, 2.75) is 25.3 Å². The summed E-state index contributed by atoms with van der Waals surface area (Å²) in [4.78, 5) is 12.1. The zero-order valence-electron chi connectivity index (χ0n) is 15.2. The molecule has 2 amide bonds. The molecule has 0 atom stereocenters. The predicted octanol–water partition coefficient (Wildman–Crippen LogP) is 2.85. The summed E-state index contributed by atoms with van der Waals surface area (Å²) < 4.78 is 26.7. The Bertz CT molecular complexity index is 833. The van der Waals surface area contributed by atoms with Crippen LogP contribution in [-0.2, 0) is 16.4 Å². The van der Waals surface area contributed by atoms with Gasteiger partial charge in [-0.2, -0.15) is 0 Å². The molecule has 0 spiro atoms. The molecule has 0 aliphatic carbocycles. The van der Waals surface area contributed by atoms with Gasteiger partial charge in [-0.15, -0.1) is 0 Å². The third-order valence-electron chi connectivity index (χ3n) is 4.71. The molecule has 144 valence electrons. The molecule has 7 heteroatoms. The first kappa shape index (κ1) is 19.4. The van der Waals surface area contributed by atoms with Gasteiger partial charge in [0.2, 0.25) is 10.0 Å². The van der Waals surface area contributed by atoms with Gasteiger partial charge in [0, 0.05) is 24.8 Å². The highest BCUT2D eigenvalue weighted by atomic mass is 32.2. The van der Waals surface area contributed by atoms with Crippen molar-refractivity contribution in [1.82, 2.24) is 9.62 Å². The fourth-order valence-corrected chi connectivity index (χ4v) is 4.69. The van der Waals surface area contributed by atoms with Crippen molar-refractivity contribution >= 4 is 21.7 Å². The Morgan fingerprint density at radius 1 is 0.963 bits per heavy atom. The number of urea groups is 1. The fourth-order valence-electron chi connectivity index (χ4n) is 3.17. The number of rotatable bonds is 6. The first-order chi connectivity index (χ1) is 13.0. The molecule has 2 aromatic carbocycles. The quantitative estimate of drug-likeness (QED) is 0.800. The van der Waals surface area contributed by atoms with Crippen LogP contribution >= 0.6 is 0 Å². The number of nitrogens with one attached hydrogen (secondary N) is 2. The van der Waals surface area contributed by atoms with E-state index in [1.54, 1.807) is 4.31 Å². The SMILES string of the molecule is O=C(Nc1ccccc1)NC1CCN(S(=O)(=O)CCc2ccccc2)CC1. The molecule has 0 radical (unpaired) electrons. The van der Waals surface area contributed by atoms with Crippen LogP contribution in [0.3, 0.4) is 0 Å². The molecule has 1 aliphatic rings. The number of hydrogen-bond acceptors (Lipinski definition) is 3. The monoisotopic (exact) mass is 387 g/mol. The van der Waals surface area contributed by atoms with Crippen LogP contribution in [-0.4, -0.2) is 43.6 Å². The van der Waals surface area contributed by atoms with Gasteiger partial charge in [-0.1, -0.05) is 48.5 Å². The topological polar surface area (TPSA) is 78.5 Å². The normalized spacial score (nSPS) is 16.0. The van der Waals surface area contributed by atoms with Crippen LogP contribution in [0.2, 0.25) is 0 Å². The highest BCUT2D eigenvalue weighted by Gasteiger charge is 2.28. The Labute approximate surface area is 160 Å². The number of hydrogen-bond donors (Lipinski definition) is 2. The molecule has 2 aromatic rings. The number of nitrogens with zero attached hydrogens (tertiary/aromatic N) is 1. The molecule has 1 saturated heterocycles. The number of para-hydroxylation sites is 1. The second kappa shape index (κ2) is 9.01. The number of aryl methyl sites for hydroxylation is 1. The Balaban J connectivity index is 1.44. The highest BCUT2D eigenvalue weighted by Crippen LogP contribution is 2.16. The van der Waals surface area contributed by atoms with E-state index in [1.807, 2.05) is 60.7 Å². The summed E-state index contributed by atoms with van der Waals surface area (Å²) in [6, 6.07) is 18.6. The second-order valence-corrected chi connectivity index (χ2v) is 8.78. The Kier molecular flexibility index (Phi) is 6.47. The first-order valence-corrected chi connectivity index (χ1v) is 10.8. The minimum absolute atomic E-state index is 0.0192. The minimum atomic E-state index is -3.28. The van der Waals surface area contributed by atoms with Gasteiger partial charge in [-0.25, -0.2) is 17.5 Å². The van der Waals surface area contributed by atoms with Crippen molar-refractivity contribution in [3.8, 4) is 0 Å². The molecule has 0 saturated carbocycles. The standard InChI is InChI=1S/C20H25N3O3S/c24-20(21-18-9-5-2-6-10-18)22-19-11-14-23(15-12-19)27(25,26)16-13-17-7-3-1-4-8-17/h1-10,19H,11-16H2,(H2,21,22,24). The van der Waals surface area contributed by atoms with Crippen molar-refractivity contribution in [3.63, 3.8) is 0 Å². The van der Waals surface area contributed by atoms with E-state index in [0.717, 1.165) is 11.3 Å². The molecule has 27 heavy (non-hydrogen) atoms. The lowest BCUT2D eigenvalue weighted by molar-refractivity contribution is 0.238. The van der Waals surface area contributed by atoms with Gasteiger partial charge >= 0.3 is 6.03 Å². The van der Waals surface area contributed by atoms with Crippen LogP contribution in [0.5, 0.6) is 0 Å². The van der Waals surface area contributed by atoms with Crippen molar-refractivity contribution in [3.05, 3.63) is 66.2 Å². The molecule has 1 heterocycles. The van der Waals surface area contributed by atoms with E-state index in [-0.39, 0.29) is 17.8 Å². The third kappa shape index (κ3) is 5.80. The van der Waals surface area contributed by atoms with Crippen LogP contribution < -0.4 is 10.6 Å². The summed E-state index contributed by atoms with van der Waals surface area (Å²) in [7, 11) is -3.28. The third-order valence-corrected chi connectivity index (χ3v) is 6.58. The lowest BCUT2D eigenvalue weighted by atomic mass is 10.1. The molecule has 0 aromatic heterocycles. The molecule has 2 N–H and O–H groups in total. The van der Waals surface area contributed by atoms with E-state index in [0.29, 0.717) is 32.4 Å². The minimum Gasteiger partial charge on any atom is -0.335 e. The smallest absolute Gasteiger partial charge is 0.319 e. The van der Waals surface area contributed by atoms with E-state index in [2.05, 4.69) is 10.6 Å². The number of piperidine rings is 1. The fraction of sp³-hybridized carbons (Fsp3) is 0.350. The van der Waals surface area contributed by atoms with E-state index < -0.39 is 10.0 Å². The first-order valence-electron chi connectivity index (χ1n) is 9.17. The Morgan fingerprint density at radius 3 is 2.19 bits per heavy atom. The number of carbonyl (C=O) groups is 1. The van der Waals surface area contributed by atoms with Crippen LogP contribution in [0.4, 0.5) is 10.5 Å². The van der Waals surface area contributed by atoms with Gasteiger partial charge in [0.1, 0.15) is 0 Å². The lowest BCUT2D eigenvalue weighted by Crippen LogP contribution is -2.48. The molecule has 0 bridgehead atoms. The van der Waals surface area contributed by atoms with Gasteiger partial charge in [0.25, 0.3) is 0 Å². The molecular formula is C20H25N3O3S. The van der Waals surface area contributed by atoms with Crippen LogP contribution in [0.25, 0.3) is 0 Å². The van der Waals surface area contributed by atoms with E-state index in [9.17, 15) is 13.2 Å². The van der Waals surface area contributed by atoms with Gasteiger partial charge in [0.15, 0.2) is 0 Å². The largest absolute Gasteiger partial charge is 0.335 e. The predicted molar refractivity (Wildman–Crippen MR) is 107 cm³/mol.